The highest BCUT2D eigenvalue weighted by Crippen LogP contribution is 2.30. The van der Waals surface area contributed by atoms with Crippen LogP contribution in [0.5, 0.6) is 17.2 Å². The minimum Gasteiger partial charge on any atom is -0.458 e. The first kappa shape index (κ1) is 50.3. The summed E-state index contributed by atoms with van der Waals surface area (Å²) in [5.74, 6) is -0.277. The van der Waals surface area contributed by atoms with Gasteiger partial charge in [0, 0.05) is 56.3 Å². The number of hydrogen-bond donors (Lipinski definition) is 5. The quantitative estimate of drug-likeness (QED) is 0.118. The molecule has 0 spiro atoms. The van der Waals surface area contributed by atoms with Gasteiger partial charge in [-0.2, -0.15) is 0 Å². The minimum absolute atomic E-state index is 0.00829. The number of allylic oxidation sites excluding steroid dienone is 3. The van der Waals surface area contributed by atoms with Crippen LogP contribution in [-0.2, 0) is 14.3 Å². The third-order valence-corrected chi connectivity index (χ3v) is 11.1. The van der Waals surface area contributed by atoms with E-state index in [1.807, 2.05) is 12.2 Å². The first-order chi connectivity index (χ1) is 33.8. The Kier molecular flexibility index (Phi) is 15.5. The van der Waals surface area contributed by atoms with Gasteiger partial charge in [0.15, 0.2) is 5.82 Å². The molecule has 2 aliphatic heterocycles. The molecule has 1 aliphatic carbocycles. The zero-order valence-corrected chi connectivity index (χ0v) is 39.0. The number of carbonyl (C=O) groups excluding carboxylic acids is 5. The van der Waals surface area contributed by atoms with E-state index >= 15 is 0 Å². The van der Waals surface area contributed by atoms with E-state index in [9.17, 15) is 32.8 Å². The van der Waals surface area contributed by atoms with Crippen LogP contribution >= 0.6 is 0 Å². The van der Waals surface area contributed by atoms with E-state index in [0.717, 1.165) is 0 Å². The van der Waals surface area contributed by atoms with Crippen molar-refractivity contribution in [3.8, 4) is 28.6 Å². The molecule has 3 aromatic carbocycles. The highest BCUT2D eigenvalue weighted by molar-refractivity contribution is 5.93. The van der Waals surface area contributed by atoms with E-state index in [1.165, 1.54) is 65.6 Å². The van der Waals surface area contributed by atoms with Gasteiger partial charge in [-0.25, -0.2) is 33.5 Å². The summed E-state index contributed by atoms with van der Waals surface area (Å²) in [6.07, 6.45) is 5.31. The van der Waals surface area contributed by atoms with Crippen LogP contribution in [0.25, 0.3) is 11.4 Å². The fraction of sp³-hybridized carbons (Fsp3) is 0.286. The molecule has 5 aromatic rings. The number of nitrogens with two attached hydrogens (primary N) is 4. The Balaban J connectivity index is 0.000000213. The predicted molar refractivity (Wildman–Crippen MR) is 256 cm³/mol. The zero-order chi connectivity index (χ0) is 51.0. The number of anilines is 2. The molecule has 2 fully saturated rings. The lowest BCUT2D eigenvalue weighted by Gasteiger charge is -2.40. The summed E-state index contributed by atoms with van der Waals surface area (Å²) in [4.78, 5) is 83.5. The summed E-state index contributed by atoms with van der Waals surface area (Å²) in [5, 5.41) is 3.12. The molecule has 3 aliphatic rings. The maximum Gasteiger partial charge on any atom is 0.410 e. The number of nitrogens with one attached hydrogen (secondary N) is 1. The van der Waals surface area contributed by atoms with Crippen LogP contribution in [0.15, 0.2) is 109 Å². The summed E-state index contributed by atoms with van der Waals surface area (Å²) in [6, 6.07) is 19.6. The Morgan fingerprint density at radius 1 is 0.676 bits per heavy atom. The largest absolute Gasteiger partial charge is 0.458 e. The summed E-state index contributed by atoms with van der Waals surface area (Å²) in [6.45, 7) is 7.21. The van der Waals surface area contributed by atoms with Crippen LogP contribution in [0.3, 0.4) is 0 Å². The normalized spacial score (nSPS) is 17.8. The van der Waals surface area contributed by atoms with Crippen molar-refractivity contribution < 1.29 is 47.0 Å². The Labute approximate surface area is 406 Å². The molecule has 20 nitrogen and oxygen atoms in total. The number of carbonyl (C=O) groups is 5. The van der Waals surface area contributed by atoms with Crippen molar-refractivity contribution in [2.24, 2.45) is 22.9 Å². The highest BCUT2D eigenvalue weighted by atomic mass is 19.1. The van der Waals surface area contributed by atoms with Gasteiger partial charge in [0.1, 0.15) is 81.2 Å². The molecule has 3 unspecified atom stereocenters. The maximum absolute atomic E-state index is 13.2. The molecule has 22 heteroatoms. The third-order valence-electron chi connectivity index (χ3n) is 11.1. The monoisotopic (exact) mass is 974 g/mol. The Hall–Kier alpha value is -8.53. The van der Waals surface area contributed by atoms with E-state index < -0.39 is 47.4 Å². The first-order valence-corrected chi connectivity index (χ1v) is 22.3. The average molecular weight is 975 g/mol. The van der Waals surface area contributed by atoms with Crippen LogP contribution in [0.2, 0.25) is 0 Å². The number of nitrogens with zero attached hydrogens (tertiary/aromatic N) is 7. The molecule has 3 atom stereocenters. The lowest BCUT2D eigenvalue weighted by molar-refractivity contribution is -0.120. The van der Waals surface area contributed by atoms with Crippen LogP contribution in [0.4, 0.5) is 25.2 Å². The molecular formula is C49H52F2N12O8. The van der Waals surface area contributed by atoms with Crippen molar-refractivity contribution in [2.75, 3.05) is 49.1 Å². The summed E-state index contributed by atoms with van der Waals surface area (Å²) >= 11 is 0. The lowest BCUT2D eigenvalue weighted by atomic mass is 9.99. The SMILES string of the molecule is CC(C)(C)OC(=O)N1CCN(c2cc(C(N)=O)nc(C3C=CC(Oc4ccc(F)cc4)=CC3)n2)C(C(N)=O)C1.NC(=O)c1cc(N2CCNCC2C(N)=O)nc(-c2ccc(Oc3ccc(F)cc3)cc2)n1. The van der Waals surface area contributed by atoms with Crippen LogP contribution in [-0.4, -0.2) is 112 Å². The number of amides is 5. The van der Waals surface area contributed by atoms with E-state index in [-0.39, 0.29) is 54.4 Å². The number of ether oxygens (including phenoxy) is 3. The number of halogens is 2. The van der Waals surface area contributed by atoms with Crippen molar-refractivity contribution in [3.63, 3.8) is 0 Å². The number of primary amides is 4. The average Bonchev–Trinajstić information content (AvgIpc) is 3.35. The molecule has 8 rings (SSSR count). The van der Waals surface area contributed by atoms with E-state index in [0.29, 0.717) is 72.1 Å². The molecule has 9 N–H and O–H groups in total. The first-order valence-electron chi connectivity index (χ1n) is 22.3. The summed E-state index contributed by atoms with van der Waals surface area (Å²) in [5.41, 5.74) is 22.2. The Morgan fingerprint density at radius 2 is 1.23 bits per heavy atom. The van der Waals surface area contributed by atoms with Gasteiger partial charge < -0.3 is 57.2 Å². The summed E-state index contributed by atoms with van der Waals surface area (Å²) < 4.78 is 43.1. The molecule has 5 amide bonds. The van der Waals surface area contributed by atoms with Crippen molar-refractivity contribution in [2.45, 2.75) is 50.8 Å². The number of hydrogen-bond acceptors (Lipinski definition) is 15. The minimum atomic E-state index is -0.910. The maximum atomic E-state index is 13.2. The molecule has 0 saturated carbocycles. The number of rotatable bonds is 12. The van der Waals surface area contributed by atoms with Crippen molar-refractivity contribution in [1.29, 1.82) is 0 Å². The second-order valence-electron chi connectivity index (χ2n) is 17.4. The molecule has 0 bridgehead atoms. The second kappa shape index (κ2) is 21.8. The van der Waals surface area contributed by atoms with E-state index in [4.69, 9.17) is 37.1 Å². The standard InChI is InChI=1S/C27H31FN6O5.C22H21FN6O3/c1-27(2,3)39-26(37)33-12-13-34(21(15-33)24(30)36)22-14-20(23(29)35)31-25(32-22)16-4-8-18(9-5-16)38-19-10-6-17(28)7-11-19;23-14-3-7-16(8-4-14)32-15-5-1-13(2-6-15)22-27-17(20(24)30)11-19(28-22)29-10-9-26-12-18(29)21(25)31/h4,6-11,14,16,21H,5,12-13,15H2,1-3H3,(H2,29,35)(H2,30,36);1-8,11,18,26H,9-10,12H2,(H2,24,30)(H2,25,31). The van der Waals surface area contributed by atoms with Gasteiger partial charge in [-0.05, 0) is 112 Å². The van der Waals surface area contributed by atoms with E-state index in [2.05, 4.69) is 25.3 Å². The van der Waals surface area contributed by atoms with E-state index in [1.54, 1.807) is 60.9 Å². The van der Waals surface area contributed by atoms with Gasteiger partial charge in [0.2, 0.25) is 11.8 Å². The summed E-state index contributed by atoms with van der Waals surface area (Å²) in [7, 11) is 0. The van der Waals surface area contributed by atoms with Crippen molar-refractivity contribution in [1.82, 2.24) is 30.2 Å². The van der Waals surface area contributed by atoms with Gasteiger partial charge in [-0.3, -0.25) is 19.2 Å². The second-order valence-corrected chi connectivity index (χ2v) is 17.4. The van der Waals surface area contributed by atoms with Gasteiger partial charge in [-0.15, -0.1) is 0 Å². The number of benzene rings is 3. The Morgan fingerprint density at radius 3 is 1.77 bits per heavy atom. The van der Waals surface area contributed by atoms with Gasteiger partial charge in [0.05, 0.1) is 6.54 Å². The molecule has 2 aromatic heterocycles. The number of aromatic nitrogens is 4. The molecule has 0 radical (unpaired) electrons. The van der Waals surface area contributed by atoms with Crippen molar-refractivity contribution >= 4 is 41.4 Å². The van der Waals surface area contributed by atoms with Gasteiger partial charge in [0.25, 0.3) is 11.8 Å². The smallest absolute Gasteiger partial charge is 0.410 e. The lowest BCUT2D eigenvalue weighted by Crippen LogP contribution is -2.60. The molecule has 370 valence electrons. The van der Waals surface area contributed by atoms with Gasteiger partial charge in [-0.1, -0.05) is 6.08 Å². The van der Waals surface area contributed by atoms with Gasteiger partial charge >= 0.3 is 6.09 Å². The molecule has 2 saturated heterocycles. The Bertz CT molecular complexity index is 2840. The zero-order valence-electron chi connectivity index (χ0n) is 39.0. The fourth-order valence-electron chi connectivity index (χ4n) is 7.57. The van der Waals surface area contributed by atoms with Crippen molar-refractivity contribution in [3.05, 3.63) is 138 Å². The third kappa shape index (κ3) is 13.2. The predicted octanol–water partition coefficient (Wildman–Crippen LogP) is 4.07. The molecular weight excluding hydrogens is 923 g/mol. The fourth-order valence-corrected chi connectivity index (χ4v) is 7.57. The molecule has 71 heavy (non-hydrogen) atoms. The van der Waals surface area contributed by atoms with Crippen LogP contribution in [0, 0.1) is 11.6 Å². The highest BCUT2D eigenvalue weighted by Gasteiger charge is 2.37. The van der Waals surface area contributed by atoms with Crippen LogP contribution in [0.1, 0.15) is 59.9 Å². The topological polar surface area (TPSA) is 290 Å². The number of piperazine rings is 2. The van der Waals surface area contributed by atoms with Crippen LogP contribution < -0.4 is 47.5 Å². The molecule has 4 heterocycles.